The number of β-amino-alcohol motifs (C(OH)–C–C–N with tert-alkyl or cyclic N) is 1. The summed E-state index contributed by atoms with van der Waals surface area (Å²) in [5, 5.41) is 9.89. The lowest BCUT2D eigenvalue weighted by Crippen LogP contribution is -2.62. The average Bonchev–Trinajstić information content (AvgIpc) is 2.35. The number of aliphatic hydroxyl groups is 1. The van der Waals surface area contributed by atoms with E-state index in [1.54, 1.807) is 0 Å². The third-order valence-electron chi connectivity index (χ3n) is 3.44. The first-order valence-corrected chi connectivity index (χ1v) is 7.42. The van der Waals surface area contributed by atoms with E-state index in [-0.39, 0.29) is 18.0 Å². The number of rotatable bonds is 4. The minimum atomic E-state index is -3.59. The molecule has 1 fully saturated rings. The van der Waals surface area contributed by atoms with Gasteiger partial charge in [0.25, 0.3) is 0 Å². The molecule has 2 rings (SSSR count). The molecule has 1 aromatic rings. The molecular formula is C12H18N2O4S. The fraction of sp³-hybridized carbons (Fsp3) is 0.500. The van der Waals surface area contributed by atoms with Crippen molar-refractivity contribution in [1.29, 1.82) is 0 Å². The number of nitrogens with zero attached hydrogens (tertiary/aromatic N) is 1. The number of hydrogen-bond donors (Lipinski definition) is 2. The maximum absolute atomic E-state index is 12.3. The number of nitrogen functional groups attached to an aromatic ring is 1. The number of ether oxygens (including phenoxy) is 1. The van der Waals surface area contributed by atoms with Gasteiger partial charge in [0.2, 0.25) is 10.0 Å². The summed E-state index contributed by atoms with van der Waals surface area (Å²) in [6, 6.07) is 4.34. The number of benzene rings is 1. The lowest BCUT2D eigenvalue weighted by atomic mass is 9.94. The predicted molar refractivity (Wildman–Crippen MR) is 71.4 cm³/mol. The van der Waals surface area contributed by atoms with E-state index in [1.807, 2.05) is 6.92 Å². The molecule has 6 nitrogen and oxygen atoms in total. The fourth-order valence-corrected chi connectivity index (χ4v) is 3.62. The molecule has 0 amide bonds. The number of methoxy groups -OCH3 is 1. The van der Waals surface area contributed by atoms with E-state index in [4.69, 9.17) is 10.5 Å². The van der Waals surface area contributed by atoms with E-state index in [0.29, 0.717) is 17.9 Å². The van der Waals surface area contributed by atoms with Crippen LogP contribution in [0.2, 0.25) is 0 Å². The zero-order valence-corrected chi connectivity index (χ0v) is 11.8. The molecule has 19 heavy (non-hydrogen) atoms. The first-order valence-electron chi connectivity index (χ1n) is 5.98. The first-order chi connectivity index (χ1) is 8.82. The molecule has 1 aliphatic rings. The van der Waals surface area contributed by atoms with Gasteiger partial charge in [0.05, 0.1) is 23.3 Å². The molecule has 3 N–H and O–H groups in total. The van der Waals surface area contributed by atoms with Gasteiger partial charge in [-0.15, -0.1) is 0 Å². The summed E-state index contributed by atoms with van der Waals surface area (Å²) in [4.78, 5) is 0.122. The highest BCUT2D eigenvalue weighted by Crippen LogP contribution is 2.32. The van der Waals surface area contributed by atoms with Gasteiger partial charge in [-0.05, 0) is 18.6 Å². The second-order valence-electron chi connectivity index (χ2n) is 4.75. The van der Waals surface area contributed by atoms with Crippen LogP contribution in [0.15, 0.2) is 23.1 Å². The van der Waals surface area contributed by atoms with Crippen molar-refractivity contribution in [3.63, 3.8) is 0 Å². The van der Waals surface area contributed by atoms with Crippen LogP contribution in [0.4, 0.5) is 5.69 Å². The van der Waals surface area contributed by atoms with E-state index in [2.05, 4.69) is 0 Å². The van der Waals surface area contributed by atoms with Crippen LogP contribution in [-0.2, 0) is 10.0 Å². The lowest BCUT2D eigenvalue weighted by Gasteiger charge is -2.44. The van der Waals surface area contributed by atoms with Crippen LogP contribution < -0.4 is 10.5 Å². The lowest BCUT2D eigenvalue weighted by molar-refractivity contribution is -0.0613. The molecule has 0 spiro atoms. The van der Waals surface area contributed by atoms with Crippen molar-refractivity contribution >= 4 is 15.7 Å². The average molecular weight is 286 g/mol. The summed E-state index contributed by atoms with van der Waals surface area (Å²) in [5.74, 6) is 0.326. The van der Waals surface area contributed by atoms with Crippen molar-refractivity contribution in [3.8, 4) is 5.75 Å². The van der Waals surface area contributed by atoms with Gasteiger partial charge in [-0.25, -0.2) is 8.42 Å². The normalized spacial score (nSPS) is 18.9. The second-order valence-corrected chi connectivity index (χ2v) is 6.69. The highest BCUT2D eigenvalue weighted by Gasteiger charge is 2.46. The minimum absolute atomic E-state index is 0.122. The zero-order chi connectivity index (χ0) is 14.3. The zero-order valence-electron chi connectivity index (χ0n) is 11.0. The Morgan fingerprint density at radius 1 is 1.47 bits per heavy atom. The van der Waals surface area contributed by atoms with Crippen molar-refractivity contribution in [2.45, 2.75) is 23.8 Å². The molecule has 0 aliphatic carbocycles. The predicted octanol–water partition coefficient (Wildman–Crippen LogP) is 0.423. The van der Waals surface area contributed by atoms with Crippen LogP contribution in [0.1, 0.15) is 13.3 Å². The SMILES string of the molecule is CCC1(O)CN(S(=O)(=O)c2ccc(N)c(OC)c2)C1. The fourth-order valence-electron chi connectivity index (χ4n) is 2.00. The first kappa shape index (κ1) is 14.1. The monoisotopic (exact) mass is 286 g/mol. The molecule has 1 aromatic carbocycles. The van der Waals surface area contributed by atoms with Gasteiger partial charge >= 0.3 is 0 Å². The summed E-state index contributed by atoms with van der Waals surface area (Å²) in [6.45, 7) is 2.08. The summed E-state index contributed by atoms with van der Waals surface area (Å²) in [5.41, 5.74) is 5.14. The van der Waals surface area contributed by atoms with Crippen LogP contribution in [0.5, 0.6) is 5.75 Å². The van der Waals surface area contributed by atoms with Gasteiger partial charge < -0.3 is 15.6 Å². The standard InChI is InChI=1S/C12H18N2O4S/c1-3-12(15)7-14(8-12)19(16,17)9-4-5-10(13)11(6-9)18-2/h4-6,15H,3,7-8,13H2,1-2H3. The molecule has 1 saturated heterocycles. The molecule has 0 aromatic heterocycles. The molecule has 0 bridgehead atoms. The van der Waals surface area contributed by atoms with Gasteiger partial charge in [0, 0.05) is 19.2 Å². The molecule has 0 atom stereocenters. The summed E-state index contributed by atoms with van der Waals surface area (Å²) in [6.07, 6.45) is 0.532. The Bertz CT molecular complexity index is 579. The van der Waals surface area contributed by atoms with E-state index < -0.39 is 15.6 Å². The Labute approximate surface area is 112 Å². The highest BCUT2D eigenvalue weighted by atomic mass is 32.2. The van der Waals surface area contributed by atoms with Gasteiger partial charge in [-0.3, -0.25) is 0 Å². The van der Waals surface area contributed by atoms with Gasteiger partial charge in [-0.2, -0.15) is 4.31 Å². The van der Waals surface area contributed by atoms with Gasteiger partial charge in [-0.1, -0.05) is 6.92 Å². The molecule has 7 heteroatoms. The third kappa shape index (κ3) is 2.41. The molecule has 1 heterocycles. The van der Waals surface area contributed by atoms with Crippen molar-refractivity contribution in [2.75, 3.05) is 25.9 Å². The van der Waals surface area contributed by atoms with Crippen LogP contribution in [-0.4, -0.2) is 43.6 Å². The van der Waals surface area contributed by atoms with Gasteiger partial charge in [0.15, 0.2) is 0 Å². The Kier molecular flexibility index (Phi) is 3.46. The Balaban J connectivity index is 2.27. The molecule has 1 aliphatic heterocycles. The van der Waals surface area contributed by atoms with E-state index >= 15 is 0 Å². The number of sulfonamides is 1. The second kappa shape index (κ2) is 4.66. The number of nitrogens with two attached hydrogens (primary N) is 1. The maximum Gasteiger partial charge on any atom is 0.243 e. The molecule has 0 unspecified atom stereocenters. The molecule has 106 valence electrons. The minimum Gasteiger partial charge on any atom is -0.495 e. The largest absolute Gasteiger partial charge is 0.495 e. The highest BCUT2D eigenvalue weighted by molar-refractivity contribution is 7.89. The topological polar surface area (TPSA) is 92.9 Å². The molecule has 0 saturated carbocycles. The van der Waals surface area contributed by atoms with Crippen LogP contribution >= 0.6 is 0 Å². The van der Waals surface area contributed by atoms with Crippen molar-refractivity contribution < 1.29 is 18.3 Å². The Hall–Kier alpha value is -1.31. The van der Waals surface area contributed by atoms with E-state index in [1.165, 1.54) is 29.6 Å². The van der Waals surface area contributed by atoms with Crippen LogP contribution in [0, 0.1) is 0 Å². The van der Waals surface area contributed by atoms with Crippen molar-refractivity contribution in [3.05, 3.63) is 18.2 Å². The van der Waals surface area contributed by atoms with Crippen LogP contribution in [0.25, 0.3) is 0 Å². The van der Waals surface area contributed by atoms with Crippen LogP contribution in [0.3, 0.4) is 0 Å². The van der Waals surface area contributed by atoms with Crippen molar-refractivity contribution in [1.82, 2.24) is 4.31 Å². The number of anilines is 1. The van der Waals surface area contributed by atoms with E-state index in [0.717, 1.165) is 0 Å². The summed E-state index contributed by atoms with van der Waals surface area (Å²) < 4.78 is 30.9. The summed E-state index contributed by atoms with van der Waals surface area (Å²) >= 11 is 0. The maximum atomic E-state index is 12.3. The Morgan fingerprint density at radius 2 is 2.11 bits per heavy atom. The number of hydrogen-bond acceptors (Lipinski definition) is 5. The molecule has 0 radical (unpaired) electrons. The third-order valence-corrected chi connectivity index (χ3v) is 5.23. The van der Waals surface area contributed by atoms with E-state index in [9.17, 15) is 13.5 Å². The quantitative estimate of drug-likeness (QED) is 0.783. The Morgan fingerprint density at radius 3 is 2.63 bits per heavy atom. The van der Waals surface area contributed by atoms with Crippen molar-refractivity contribution in [2.24, 2.45) is 0 Å². The van der Waals surface area contributed by atoms with Gasteiger partial charge in [0.1, 0.15) is 5.75 Å². The smallest absolute Gasteiger partial charge is 0.243 e. The summed E-state index contributed by atoms with van der Waals surface area (Å²) in [7, 11) is -2.16. The molecular weight excluding hydrogens is 268 g/mol.